The van der Waals surface area contributed by atoms with Crippen molar-refractivity contribution in [1.29, 1.82) is 0 Å². The Morgan fingerprint density at radius 1 is 0.767 bits per heavy atom. The van der Waals surface area contributed by atoms with Crippen LogP contribution in [-0.2, 0) is 9.59 Å². The van der Waals surface area contributed by atoms with Crippen LogP contribution in [0.25, 0.3) is 5.57 Å². The van der Waals surface area contributed by atoms with Crippen LogP contribution in [0.1, 0.15) is 22.3 Å². The molecule has 150 valence electrons. The standard InChI is InChI=1S/C25H21FN2O2/c1-15-5-4-6-21(14-15)28-24(29)22(18-7-9-19(26)10-8-18)23(25(28)30)27-20-12-16(2)11-17(3)13-20/h4-14,27H,1-3H3. The van der Waals surface area contributed by atoms with E-state index < -0.39 is 17.6 Å². The third-order valence-corrected chi connectivity index (χ3v) is 4.97. The van der Waals surface area contributed by atoms with Gasteiger partial charge in [0, 0.05) is 5.69 Å². The van der Waals surface area contributed by atoms with Crippen LogP contribution in [0.2, 0.25) is 0 Å². The molecule has 2 amide bonds. The maximum absolute atomic E-state index is 13.5. The first-order valence-corrected chi connectivity index (χ1v) is 9.64. The van der Waals surface area contributed by atoms with Crippen molar-refractivity contribution in [2.24, 2.45) is 0 Å². The Hall–Kier alpha value is -3.73. The minimum atomic E-state index is -0.441. The molecular formula is C25H21FN2O2. The fraction of sp³-hybridized carbons (Fsp3) is 0.120. The van der Waals surface area contributed by atoms with Crippen LogP contribution in [-0.4, -0.2) is 11.8 Å². The van der Waals surface area contributed by atoms with E-state index >= 15 is 0 Å². The molecule has 30 heavy (non-hydrogen) atoms. The molecule has 1 aliphatic heterocycles. The molecule has 0 fully saturated rings. The van der Waals surface area contributed by atoms with E-state index in [-0.39, 0.29) is 11.3 Å². The lowest BCUT2D eigenvalue weighted by Gasteiger charge is -2.16. The van der Waals surface area contributed by atoms with E-state index in [1.807, 2.05) is 45.0 Å². The summed E-state index contributed by atoms with van der Waals surface area (Å²) in [6, 6.07) is 18.7. The van der Waals surface area contributed by atoms with E-state index in [0.717, 1.165) is 21.6 Å². The van der Waals surface area contributed by atoms with E-state index in [2.05, 4.69) is 5.32 Å². The second kappa shape index (κ2) is 7.59. The number of amides is 2. The first-order valence-electron chi connectivity index (χ1n) is 9.64. The average molecular weight is 400 g/mol. The van der Waals surface area contributed by atoms with E-state index in [0.29, 0.717) is 16.9 Å². The Kier molecular flexibility index (Phi) is 4.96. The molecule has 1 N–H and O–H groups in total. The maximum atomic E-state index is 13.5. The van der Waals surface area contributed by atoms with E-state index in [9.17, 15) is 14.0 Å². The van der Waals surface area contributed by atoms with Crippen molar-refractivity contribution in [3.63, 3.8) is 0 Å². The Morgan fingerprint density at radius 2 is 1.43 bits per heavy atom. The number of imide groups is 1. The van der Waals surface area contributed by atoms with Gasteiger partial charge in [-0.05, 0) is 79.4 Å². The lowest BCUT2D eigenvalue weighted by molar-refractivity contribution is -0.120. The third kappa shape index (κ3) is 3.62. The van der Waals surface area contributed by atoms with Crippen LogP contribution in [0.4, 0.5) is 15.8 Å². The molecule has 0 saturated carbocycles. The second-order valence-electron chi connectivity index (χ2n) is 7.54. The second-order valence-corrected chi connectivity index (χ2v) is 7.54. The number of halogens is 1. The summed E-state index contributed by atoms with van der Waals surface area (Å²) in [6.07, 6.45) is 0. The summed E-state index contributed by atoms with van der Waals surface area (Å²) in [5.41, 5.74) is 5.11. The summed E-state index contributed by atoms with van der Waals surface area (Å²) in [5, 5.41) is 3.15. The van der Waals surface area contributed by atoms with Crippen LogP contribution >= 0.6 is 0 Å². The quantitative estimate of drug-likeness (QED) is 0.617. The molecule has 0 atom stereocenters. The number of benzene rings is 3. The van der Waals surface area contributed by atoms with Gasteiger partial charge in [0.15, 0.2) is 0 Å². The minimum absolute atomic E-state index is 0.179. The first-order chi connectivity index (χ1) is 14.3. The molecule has 0 spiro atoms. The summed E-state index contributed by atoms with van der Waals surface area (Å²) >= 11 is 0. The zero-order valence-corrected chi connectivity index (χ0v) is 17.0. The zero-order valence-electron chi connectivity index (χ0n) is 17.0. The lowest BCUT2D eigenvalue weighted by atomic mass is 10.0. The molecule has 1 aliphatic rings. The fourth-order valence-electron chi connectivity index (χ4n) is 3.72. The average Bonchev–Trinajstić information content (AvgIpc) is 2.92. The van der Waals surface area contributed by atoms with Crippen LogP contribution < -0.4 is 10.2 Å². The Labute approximate surface area is 174 Å². The molecule has 3 aromatic rings. The molecule has 4 rings (SSSR count). The summed E-state index contributed by atoms with van der Waals surface area (Å²) in [7, 11) is 0. The van der Waals surface area contributed by atoms with Crippen molar-refractivity contribution in [1.82, 2.24) is 0 Å². The maximum Gasteiger partial charge on any atom is 0.282 e. The van der Waals surface area contributed by atoms with Gasteiger partial charge in [0.1, 0.15) is 11.5 Å². The van der Waals surface area contributed by atoms with E-state index in [1.165, 1.54) is 24.3 Å². The number of rotatable bonds is 4. The number of anilines is 2. The zero-order chi connectivity index (χ0) is 21.4. The summed E-state index contributed by atoms with van der Waals surface area (Å²) < 4.78 is 13.5. The number of carbonyl (C=O) groups is 2. The third-order valence-electron chi connectivity index (χ3n) is 4.97. The van der Waals surface area contributed by atoms with Gasteiger partial charge in [-0.15, -0.1) is 0 Å². The summed E-state index contributed by atoms with van der Waals surface area (Å²) in [5.74, 6) is -1.29. The van der Waals surface area contributed by atoms with Gasteiger partial charge >= 0.3 is 0 Å². The number of hydrogen-bond donors (Lipinski definition) is 1. The lowest BCUT2D eigenvalue weighted by Crippen LogP contribution is -2.32. The monoisotopic (exact) mass is 400 g/mol. The van der Waals surface area contributed by atoms with Gasteiger partial charge in [-0.1, -0.05) is 30.3 Å². The van der Waals surface area contributed by atoms with Crippen molar-refractivity contribution in [3.05, 3.63) is 100 Å². The van der Waals surface area contributed by atoms with Gasteiger partial charge in [-0.25, -0.2) is 9.29 Å². The van der Waals surface area contributed by atoms with Crippen molar-refractivity contribution < 1.29 is 14.0 Å². The Bertz CT molecular complexity index is 1180. The van der Waals surface area contributed by atoms with Crippen molar-refractivity contribution in [2.75, 3.05) is 10.2 Å². The number of nitrogens with one attached hydrogen (secondary N) is 1. The largest absolute Gasteiger partial charge is 0.350 e. The fourth-order valence-corrected chi connectivity index (χ4v) is 3.72. The number of aryl methyl sites for hydroxylation is 3. The van der Waals surface area contributed by atoms with Gasteiger partial charge in [0.25, 0.3) is 11.8 Å². The highest BCUT2D eigenvalue weighted by Crippen LogP contribution is 2.34. The molecule has 0 saturated heterocycles. The van der Waals surface area contributed by atoms with E-state index in [4.69, 9.17) is 0 Å². The van der Waals surface area contributed by atoms with Gasteiger partial charge < -0.3 is 5.32 Å². The highest BCUT2D eigenvalue weighted by Gasteiger charge is 2.40. The van der Waals surface area contributed by atoms with Crippen LogP contribution in [0.3, 0.4) is 0 Å². The molecule has 0 unspecified atom stereocenters. The molecule has 0 radical (unpaired) electrons. The molecule has 3 aromatic carbocycles. The SMILES string of the molecule is Cc1cc(C)cc(NC2=C(c3ccc(F)cc3)C(=O)N(c3cccc(C)c3)C2=O)c1. The molecule has 0 aliphatic carbocycles. The summed E-state index contributed by atoms with van der Waals surface area (Å²) in [6.45, 7) is 5.83. The highest BCUT2D eigenvalue weighted by molar-refractivity contribution is 6.46. The Balaban J connectivity index is 1.84. The number of hydrogen-bond acceptors (Lipinski definition) is 3. The molecule has 0 bridgehead atoms. The van der Waals surface area contributed by atoms with E-state index in [1.54, 1.807) is 18.2 Å². The van der Waals surface area contributed by atoms with Crippen LogP contribution in [0.15, 0.2) is 72.4 Å². The van der Waals surface area contributed by atoms with Gasteiger partial charge in [-0.2, -0.15) is 0 Å². The molecule has 5 heteroatoms. The first kappa shape index (κ1) is 19.6. The molecule has 0 aromatic heterocycles. The molecule has 4 nitrogen and oxygen atoms in total. The van der Waals surface area contributed by atoms with Crippen LogP contribution in [0.5, 0.6) is 0 Å². The smallest absolute Gasteiger partial charge is 0.282 e. The predicted octanol–water partition coefficient (Wildman–Crippen LogP) is 5.15. The van der Waals surface area contributed by atoms with Crippen molar-refractivity contribution in [2.45, 2.75) is 20.8 Å². The molecule has 1 heterocycles. The van der Waals surface area contributed by atoms with Crippen molar-refractivity contribution >= 4 is 28.8 Å². The molecular weight excluding hydrogens is 379 g/mol. The normalized spacial score (nSPS) is 13.9. The van der Waals surface area contributed by atoms with Crippen molar-refractivity contribution in [3.8, 4) is 0 Å². The van der Waals surface area contributed by atoms with Crippen LogP contribution in [0, 0.1) is 26.6 Å². The summed E-state index contributed by atoms with van der Waals surface area (Å²) in [4.78, 5) is 27.9. The predicted molar refractivity (Wildman–Crippen MR) is 117 cm³/mol. The van der Waals surface area contributed by atoms with Gasteiger partial charge in [-0.3, -0.25) is 9.59 Å². The Morgan fingerprint density at radius 3 is 2.07 bits per heavy atom. The van der Waals surface area contributed by atoms with Gasteiger partial charge in [0.2, 0.25) is 0 Å². The number of nitrogens with zero attached hydrogens (tertiary/aromatic N) is 1. The topological polar surface area (TPSA) is 49.4 Å². The minimum Gasteiger partial charge on any atom is -0.350 e. The highest BCUT2D eigenvalue weighted by atomic mass is 19.1. The van der Waals surface area contributed by atoms with Gasteiger partial charge in [0.05, 0.1) is 11.3 Å². The number of carbonyl (C=O) groups excluding carboxylic acids is 2.